The van der Waals surface area contributed by atoms with Crippen molar-refractivity contribution < 1.29 is 0 Å². The lowest BCUT2D eigenvalue weighted by molar-refractivity contribution is 0.854. The predicted octanol–water partition coefficient (Wildman–Crippen LogP) is 2.91. The molecule has 0 saturated heterocycles. The minimum absolute atomic E-state index is 0.452. The summed E-state index contributed by atoms with van der Waals surface area (Å²) in [5.74, 6) is 1.04. The summed E-state index contributed by atoms with van der Waals surface area (Å²) >= 11 is 6.18. The van der Waals surface area contributed by atoms with Crippen molar-refractivity contribution in [1.82, 2.24) is 0 Å². The molecule has 1 aliphatic heterocycles. The molecule has 0 aliphatic carbocycles. The summed E-state index contributed by atoms with van der Waals surface area (Å²) in [4.78, 5) is 6.25. The monoisotopic (exact) mass is 251 g/mol. The summed E-state index contributed by atoms with van der Waals surface area (Å²) in [5.41, 5.74) is 9.48. The highest BCUT2D eigenvalue weighted by Crippen LogP contribution is 2.32. The van der Waals surface area contributed by atoms with Gasteiger partial charge in [-0.15, -0.1) is 0 Å². The molecule has 1 heterocycles. The fourth-order valence-electron chi connectivity index (χ4n) is 2.27. The summed E-state index contributed by atoms with van der Waals surface area (Å²) in [5, 5.41) is 0.758. The van der Waals surface area contributed by atoms with Crippen LogP contribution in [0.5, 0.6) is 0 Å². The number of halogens is 1. The van der Waals surface area contributed by atoms with Gasteiger partial charge in [-0.05, 0) is 36.1 Å². The summed E-state index contributed by atoms with van der Waals surface area (Å²) in [7, 11) is 0. The highest BCUT2D eigenvalue weighted by atomic mass is 35.5. The molecule has 2 rings (SSSR count). The van der Waals surface area contributed by atoms with Gasteiger partial charge in [0, 0.05) is 17.3 Å². The van der Waals surface area contributed by atoms with Crippen LogP contribution in [0.4, 0.5) is 5.69 Å². The van der Waals surface area contributed by atoms with Crippen molar-refractivity contribution in [2.24, 2.45) is 10.7 Å². The van der Waals surface area contributed by atoms with E-state index in [0.717, 1.165) is 23.8 Å². The fraction of sp³-hybridized carbons (Fsp3) is 0.462. The predicted molar refractivity (Wildman–Crippen MR) is 74.1 cm³/mol. The Balaban J connectivity index is 2.50. The highest BCUT2D eigenvalue weighted by molar-refractivity contribution is 6.31. The normalized spacial score (nSPS) is 15.6. The first kappa shape index (κ1) is 12.2. The van der Waals surface area contributed by atoms with Gasteiger partial charge in [0.15, 0.2) is 5.96 Å². The number of aliphatic imine (C=N–C) groups is 1. The Labute approximate surface area is 107 Å². The maximum atomic E-state index is 6.18. The van der Waals surface area contributed by atoms with Crippen LogP contribution in [0.1, 0.15) is 30.9 Å². The molecule has 92 valence electrons. The summed E-state index contributed by atoms with van der Waals surface area (Å²) in [6.45, 7) is 8.06. The molecule has 17 heavy (non-hydrogen) atoms. The number of guanidine groups is 1. The zero-order valence-corrected chi connectivity index (χ0v) is 11.3. The van der Waals surface area contributed by atoms with Gasteiger partial charge in [0.2, 0.25) is 0 Å². The van der Waals surface area contributed by atoms with Gasteiger partial charge in [-0.3, -0.25) is 4.99 Å². The van der Waals surface area contributed by atoms with E-state index < -0.39 is 0 Å². The molecule has 0 saturated carbocycles. The zero-order valence-electron chi connectivity index (χ0n) is 10.5. The zero-order chi connectivity index (χ0) is 12.6. The number of nitrogens with two attached hydrogens (primary N) is 1. The second kappa shape index (κ2) is 4.57. The molecule has 1 aliphatic rings. The van der Waals surface area contributed by atoms with E-state index >= 15 is 0 Å². The van der Waals surface area contributed by atoms with E-state index in [9.17, 15) is 0 Å². The van der Waals surface area contributed by atoms with Gasteiger partial charge in [-0.25, -0.2) is 0 Å². The molecular formula is C13H18ClN3. The minimum atomic E-state index is 0.452. The average molecular weight is 252 g/mol. The molecule has 0 radical (unpaired) electrons. The molecule has 0 atom stereocenters. The van der Waals surface area contributed by atoms with Crippen molar-refractivity contribution in [3.05, 3.63) is 28.3 Å². The van der Waals surface area contributed by atoms with Gasteiger partial charge in [-0.2, -0.15) is 0 Å². The van der Waals surface area contributed by atoms with Gasteiger partial charge >= 0.3 is 0 Å². The Bertz CT molecular complexity index is 466. The molecule has 4 heteroatoms. The molecule has 0 spiro atoms. The number of nitrogens with zero attached hydrogens (tertiary/aromatic N) is 2. The average Bonchev–Trinajstić information content (AvgIpc) is 2.67. The Morgan fingerprint density at radius 3 is 2.65 bits per heavy atom. The smallest absolute Gasteiger partial charge is 0.195 e. The second-order valence-corrected chi connectivity index (χ2v) is 5.12. The number of hydrogen-bond donors (Lipinski definition) is 1. The summed E-state index contributed by atoms with van der Waals surface area (Å²) in [6.07, 6.45) is 0. The number of rotatable bonds is 2. The molecule has 0 bridgehead atoms. The van der Waals surface area contributed by atoms with E-state index in [2.05, 4.69) is 25.8 Å². The third-order valence-corrected chi connectivity index (χ3v) is 3.39. The number of hydrogen-bond acceptors (Lipinski definition) is 3. The van der Waals surface area contributed by atoms with Crippen molar-refractivity contribution in [2.45, 2.75) is 26.7 Å². The quantitative estimate of drug-likeness (QED) is 0.878. The summed E-state index contributed by atoms with van der Waals surface area (Å²) < 4.78 is 0. The van der Waals surface area contributed by atoms with Crippen LogP contribution in [0, 0.1) is 6.92 Å². The SMILES string of the molecule is Cc1c(C(C)C)cc(Cl)cc1N1CCN=C1N. The molecular weight excluding hydrogens is 234 g/mol. The van der Waals surface area contributed by atoms with Crippen LogP contribution in [-0.2, 0) is 0 Å². The molecule has 1 aromatic carbocycles. The lowest BCUT2D eigenvalue weighted by Gasteiger charge is -2.23. The maximum absolute atomic E-state index is 6.18. The van der Waals surface area contributed by atoms with E-state index in [4.69, 9.17) is 17.3 Å². The molecule has 2 N–H and O–H groups in total. The first-order valence-electron chi connectivity index (χ1n) is 5.88. The first-order chi connectivity index (χ1) is 8.00. The Hall–Kier alpha value is -1.22. The van der Waals surface area contributed by atoms with Gasteiger partial charge in [0.1, 0.15) is 0 Å². The van der Waals surface area contributed by atoms with Gasteiger partial charge in [0.05, 0.1) is 6.54 Å². The standard InChI is InChI=1S/C13H18ClN3/c1-8(2)11-6-10(14)7-12(9(11)3)17-5-4-16-13(17)15/h6-8H,4-5H2,1-3H3,(H2,15,16). The van der Waals surface area contributed by atoms with Crippen molar-refractivity contribution in [2.75, 3.05) is 18.0 Å². The maximum Gasteiger partial charge on any atom is 0.195 e. The van der Waals surface area contributed by atoms with Crippen molar-refractivity contribution in [3.63, 3.8) is 0 Å². The molecule has 0 fully saturated rings. The topological polar surface area (TPSA) is 41.6 Å². The van der Waals surface area contributed by atoms with Crippen LogP contribution in [0.15, 0.2) is 17.1 Å². The lowest BCUT2D eigenvalue weighted by Crippen LogP contribution is -2.34. The van der Waals surface area contributed by atoms with Crippen LogP contribution in [0.3, 0.4) is 0 Å². The van der Waals surface area contributed by atoms with Gasteiger partial charge in [-0.1, -0.05) is 25.4 Å². The van der Waals surface area contributed by atoms with Crippen LogP contribution in [0.25, 0.3) is 0 Å². The fourth-order valence-corrected chi connectivity index (χ4v) is 2.49. The largest absolute Gasteiger partial charge is 0.370 e. The van der Waals surface area contributed by atoms with E-state index in [0.29, 0.717) is 11.9 Å². The van der Waals surface area contributed by atoms with Crippen LogP contribution < -0.4 is 10.6 Å². The van der Waals surface area contributed by atoms with Crippen LogP contribution in [-0.4, -0.2) is 19.0 Å². The first-order valence-corrected chi connectivity index (χ1v) is 6.26. The van der Waals surface area contributed by atoms with E-state index in [1.807, 2.05) is 17.0 Å². The molecule has 0 amide bonds. The lowest BCUT2D eigenvalue weighted by atomic mass is 9.96. The molecule has 3 nitrogen and oxygen atoms in total. The van der Waals surface area contributed by atoms with Crippen LogP contribution >= 0.6 is 11.6 Å². The molecule has 0 aromatic heterocycles. The Morgan fingerprint density at radius 2 is 2.12 bits per heavy atom. The third kappa shape index (κ3) is 2.25. The van der Waals surface area contributed by atoms with Crippen molar-refractivity contribution >= 4 is 23.2 Å². The third-order valence-electron chi connectivity index (χ3n) is 3.17. The molecule has 1 aromatic rings. The Kier molecular flexibility index (Phi) is 3.29. The molecule has 0 unspecified atom stereocenters. The second-order valence-electron chi connectivity index (χ2n) is 4.69. The van der Waals surface area contributed by atoms with Gasteiger partial charge in [0.25, 0.3) is 0 Å². The van der Waals surface area contributed by atoms with Crippen molar-refractivity contribution in [1.29, 1.82) is 0 Å². The van der Waals surface area contributed by atoms with E-state index in [1.54, 1.807) is 0 Å². The number of anilines is 1. The summed E-state index contributed by atoms with van der Waals surface area (Å²) in [6, 6.07) is 4.00. The number of benzene rings is 1. The Morgan fingerprint density at radius 1 is 1.41 bits per heavy atom. The highest BCUT2D eigenvalue weighted by Gasteiger charge is 2.20. The van der Waals surface area contributed by atoms with Crippen LogP contribution in [0.2, 0.25) is 5.02 Å². The minimum Gasteiger partial charge on any atom is -0.370 e. The van der Waals surface area contributed by atoms with E-state index in [-0.39, 0.29) is 0 Å². The van der Waals surface area contributed by atoms with Crippen molar-refractivity contribution in [3.8, 4) is 0 Å². The van der Waals surface area contributed by atoms with Gasteiger partial charge < -0.3 is 10.6 Å². The van der Waals surface area contributed by atoms with E-state index in [1.165, 1.54) is 11.1 Å².